The summed E-state index contributed by atoms with van der Waals surface area (Å²) in [5.74, 6) is -0.913. The van der Waals surface area contributed by atoms with E-state index in [9.17, 15) is 24.6 Å². The van der Waals surface area contributed by atoms with Crippen LogP contribution in [0.3, 0.4) is 0 Å². The standard InChI is InChI=1S/C19H28O8.C16H26O5.C15H24O5.C15H22O5.Na/c1-10-4-5-13-11(2)16(23-15(22)7-6-14(20)21)24-17-19(13)12(10)8-9-18(3,25-17)26-27-19;1-9-5-6-12-10(2)13(17-4)18-14-16(12)11(9)7-8-15(3,19-14)20-21-16;2*1-8-4-5-11-9(2)12(16)17-13-15(11)10(8)6-7-14(3,18-13)19-20-15;/h10-13,16-17H,4-9H2,1-3H3,(H,20,21);9-14H,5-8H2,1-4H3;8-13,16H,4-7H2,1-3H3;8-11,13H,4-7H2,1-3H3;/q;;;;+1/p-1/t10?,11-,12?,13?,16?,17?,18+,19?;9?,10-,11?,12?,13+,14?,15+,16?;8?,9-,10?,11?,12?,13?,14+,15?;8?,9-,10?,11?,13?,14+,15?;/m1111./s1. The molecule has 89 heavy (non-hydrogen) atoms. The number of esters is 2. The van der Waals surface area contributed by atoms with E-state index in [1.54, 1.807) is 7.11 Å². The van der Waals surface area contributed by atoms with Crippen molar-refractivity contribution in [3.63, 3.8) is 0 Å². The van der Waals surface area contributed by atoms with Crippen molar-refractivity contribution in [2.24, 2.45) is 94.7 Å². The van der Waals surface area contributed by atoms with Gasteiger partial charge < -0.3 is 62.4 Å². The minimum absolute atomic E-state index is 0. The summed E-state index contributed by atoms with van der Waals surface area (Å²) >= 11 is 0. The SMILES string of the molecule is CC1CCC2[C@@H](C)C(=O)OC3O[C@]4(C)CCC1C32OO4.CC1CCC2[C@@H](C)C(O)OC3O[C@]4(C)CCC1C32OO4.CC1CCC2[C@@H](C)C(OC(=O)CCC(=O)[O-])OC3O[C@]4(C)CCC1C32OO4.CO[C@H]1OC2O[C@]3(C)CCC4C(C)CCC([C@H]1C)C24OO3.[Na+]. The molecule has 0 aromatic carbocycles. The van der Waals surface area contributed by atoms with Gasteiger partial charge in [-0.1, -0.05) is 55.4 Å². The van der Waals surface area contributed by atoms with E-state index in [2.05, 4.69) is 34.6 Å². The number of carboxylic acids is 1. The molecule has 0 amide bonds. The molecule has 4 spiro atoms. The van der Waals surface area contributed by atoms with Crippen molar-refractivity contribution in [3.8, 4) is 0 Å². The van der Waals surface area contributed by atoms with Crippen molar-refractivity contribution >= 4 is 17.9 Å². The molecule has 16 saturated heterocycles. The number of hydrogen-bond acceptors (Lipinski definition) is 23. The third-order valence-corrected chi connectivity index (χ3v) is 25.3. The van der Waals surface area contributed by atoms with Gasteiger partial charge in [0.25, 0.3) is 0 Å². The molecule has 0 radical (unpaired) electrons. The molecule has 4 saturated carbocycles. The van der Waals surface area contributed by atoms with Gasteiger partial charge in [-0.3, -0.25) is 9.59 Å². The van der Waals surface area contributed by atoms with Crippen LogP contribution in [0.25, 0.3) is 0 Å². The molecule has 1 N–H and O–H groups in total. The second-order valence-electron chi connectivity index (χ2n) is 30.6. The normalized spacial score (nSPS) is 55.6. The second kappa shape index (κ2) is 24.7. The van der Waals surface area contributed by atoms with Crippen LogP contribution in [-0.4, -0.2) is 120 Å². The summed E-state index contributed by atoms with van der Waals surface area (Å²) in [6, 6.07) is 0. The van der Waals surface area contributed by atoms with E-state index in [-0.39, 0.29) is 102 Å². The molecular weight excluding hydrogens is 1170 g/mol. The van der Waals surface area contributed by atoms with Crippen LogP contribution in [0.15, 0.2) is 0 Å². The summed E-state index contributed by atoms with van der Waals surface area (Å²) in [6.07, 6.45) is 11.1. The van der Waals surface area contributed by atoms with Gasteiger partial charge in [0.2, 0.25) is 35.7 Å². The van der Waals surface area contributed by atoms with Crippen LogP contribution in [0, 0.1) is 94.7 Å². The van der Waals surface area contributed by atoms with E-state index < -0.39 is 95.2 Å². The van der Waals surface area contributed by atoms with Gasteiger partial charge in [0.05, 0.1) is 12.3 Å². The maximum absolute atomic E-state index is 12.1. The minimum atomic E-state index is -1.28. The Morgan fingerprint density at radius 2 is 0.809 bits per heavy atom. The van der Waals surface area contributed by atoms with Crippen LogP contribution in [0.4, 0.5) is 0 Å². The molecule has 0 aromatic rings. The van der Waals surface area contributed by atoms with Crippen LogP contribution in [-0.2, 0) is 101 Å². The Morgan fingerprint density at radius 3 is 1.21 bits per heavy atom. The molecule has 16 aliphatic heterocycles. The molecular formula is C65H99NaO23. The number of ether oxygens (including phenoxy) is 10. The molecule has 23 nitrogen and oxygen atoms in total. The molecule has 498 valence electrons. The molecule has 31 atom stereocenters. The molecule has 20 rings (SSSR count). The molecule has 20 fully saturated rings. The van der Waals surface area contributed by atoms with Crippen molar-refractivity contribution in [3.05, 3.63) is 0 Å². The molecule has 22 unspecified atom stereocenters. The Morgan fingerprint density at radius 1 is 0.461 bits per heavy atom. The summed E-state index contributed by atoms with van der Waals surface area (Å²) in [7, 11) is 1.70. The summed E-state index contributed by atoms with van der Waals surface area (Å²) in [6.45, 7) is 24.8. The van der Waals surface area contributed by atoms with Crippen LogP contribution in [0.5, 0.6) is 0 Å². The van der Waals surface area contributed by atoms with Crippen molar-refractivity contribution in [1.82, 2.24) is 0 Å². The maximum atomic E-state index is 12.1. The van der Waals surface area contributed by atoms with E-state index in [1.807, 2.05) is 48.5 Å². The summed E-state index contributed by atoms with van der Waals surface area (Å²) in [5, 5.41) is 20.8. The van der Waals surface area contributed by atoms with Crippen LogP contribution in [0.2, 0.25) is 0 Å². The van der Waals surface area contributed by atoms with Gasteiger partial charge in [0.1, 0.15) is 0 Å². The number of aliphatic hydroxyl groups excluding tert-OH is 1. The van der Waals surface area contributed by atoms with Gasteiger partial charge in [-0.25, -0.2) is 39.1 Å². The van der Waals surface area contributed by atoms with E-state index >= 15 is 0 Å². The zero-order valence-electron chi connectivity index (χ0n) is 54.9. The summed E-state index contributed by atoms with van der Waals surface area (Å²) in [5.41, 5.74) is -2.34. The quantitative estimate of drug-likeness (QED) is 0.197. The van der Waals surface area contributed by atoms with Gasteiger partial charge in [-0.2, -0.15) is 0 Å². The molecule has 16 heterocycles. The fourth-order valence-corrected chi connectivity index (χ4v) is 20.2. The number of rotatable bonds is 5. The number of carbonyl (C=O) groups excluding carboxylic acids is 3. The Hall–Kier alpha value is -1.27. The average molecular weight is 1270 g/mol. The number of hydrogen-bond donors (Lipinski definition) is 1. The Labute approximate surface area is 545 Å². The first-order valence-electron chi connectivity index (χ1n) is 33.6. The smallest absolute Gasteiger partial charge is 0.550 e. The van der Waals surface area contributed by atoms with Gasteiger partial charge >= 0.3 is 41.5 Å². The Balaban J connectivity index is 0.000000116. The monoisotopic (exact) mass is 1270 g/mol. The molecule has 0 aromatic heterocycles. The van der Waals surface area contributed by atoms with Gasteiger partial charge in [-0.05, 0) is 153 Å². The van der Waals surface area contributed by atoms with Crippen molar-refractivity contribution in [1.29, 1.82) is 0 Å². The average Bonchev–Trinajstić information content (AvgIpc) is 1.75. The number of carbonyl (C=O) groups is 3. The van der Waals surface area contributed by atoms with Crippen molar-refractivity contribution in [2.75, 3.05) is 7.11 Å². The largest absolute Gasteiger partial charge is 1.00 e. The predicted molar refractivity (Wildman–Crippen MR) is 298 cm³/mol. The number of aliphatic carboxylic acids is 1. The zero-order chi connectivity index (χ0) is 62.5. The minimum Gasteiger partial charge on any atom is -0.550 e. The fourth-order valence-electron chi connectivity index (χ4n) is 20.2. The third kappa shape index (κ3) is 11.0. The first-order valence-corrected chi connectivity index (χ1v) is 33.6. The van der Waals surface area contributed by atoms with E-state index in [1.165, 1.54) is 12.8 Å². The number of aliphatic hydroxyl groups is 1. The molecule has 4 aliphatic carbocycles. The van der Waals surface area contributed by atoms with Gasteiger partial charge in [0, 0.05) is 86.1 Å². The first-order chi connectivity index (χ1) is 41.7. The number of carboxylic acid groups (broad SMARTS) is 1. The van der Waals surface area contributed by atoms with E-state index in [0.717, 1.165) is 83.5 Å². The predicted octanol–water partition coefficient (Wildman–Crippen LogP) is 5.69. The van der Waals surface area contributed by atoms with E-state index in [4.69, 9.17) is 86.5 Å². The maximum Gasteiger partial charge on any atom is 1.00 e. The summed E-state index contributed by atoms with van der Waals surface area (Å²) in [4.78, 5) is 81.5. The summed E-state index contributed by atoms with van der Waals surface area (Å²) < 4.78 is 59.1. The Bertz CT molecular complexity index is 2600. The topological polar surface area (TPSA) is 261 Å². The molecule has 24 heteroatoms. The zero-order valence-corrected chi connectivity index (χ0v) is 56.9. The van der Waals surface area contributed by atoms with Crippen molar-refractivity contribution < 1.29 is 141 Å². The van der Waals surface area contributed by atoms with Crippen LogP contribution < -0.4 is 34.7 Å². The number of methoxy groups -OCH3 is 1. The van der Waals surface area contributed by atoms with Crippen molar-refractivity contribution in [2.45, 2.75) is 288 Å². The van der Waals surface area contributed by atoms with E-state index in [0.29, 0.717) is 53.8 Å². The third-order valence-electron chi connectivity index (χ3n) is 25.3. The number of fused-ring (bicyclic) bond motifs is 8. The van der Waals surface area contributed by atoms with Gasteiger partial charge in [0.15, 0.2) is 53.9 Å². The second-order valence-corrected chi connectivity index (χ2v) is 30.6. The van der Waals surface area contributed by atoms with Gasteiger partial charge in [-0.15, -0.1) is 0 Å². The molecule has 8 bridgehead atoms. The fraction of sp³-hybridized carbons (Fsp3) is 0.954. The first kappa shape index (κ1) is 67.7. The van der Waals surface area contributed by atoms with Crippen LogP contribution in [0.1, 0.15) is 199 Å². The van der Waals surface area contributed by atoms with Crippen LogP contribution >= 0.6 is 0 Å². The Kier molecular flexibility index (Phi) is 18.8. The molecule has 20 aliphatic rings.